The van der Waals surface area contributed by atoms with Gasteiger partial charge in [0.1, 0.15) is 5.54 Å². The summed E-state index contributed by atoms with van der Waals surface area (Å²) in [7, 11) is 2.12. The molecule has 4 heteroatoms. The predicted octanol–water partition coefficient (Wildman–Crippen LogP) is 1.46. The molecule has 0 radical (unpaired) electrons. The Labute approximate surface area is 121 Å². The van der Waals surface area contributed by atoms with E-state index in [2.05, 4.69) is 17.3 Å². The molecule has 0 saturated carbocycles. The van der Waals surface area contributed by atoms with Crippen LogP contribution in [0.1, 0.15) is 31.7 Å². The van der Waals surface area contributed by atoms with Gasteiger partial charge in [0.25, 0.3) is 0 Å². The number of likely N-dealkylation sites (N-methyl/N-ethyl adjacent to an activating group) is 1. The molecule has 1 aromatic rings. The minimum absolute atomic E-state index is 0.109. The van der Waals surface area contributed by atoms with Gasteiger partial charge in [0.2, 0.25) is 5.91 Å². The SMILES string of the molecule is CN1CCCCC1CNC(=O)C(C)(N)c1ccccc1. The van der Waals surface area contributed by atoms with Crippen molar-refractivity contribution in [1.29, 1.82) is 0 Å². The third kappa shape index (κ3) is 3.38. The molecule has 1 heterocycles. The molecule has 0 bridgehead atoms. The topological polar surface area (TPSA) is 58.4 Å². The fraction of sp³-hybridized carbons (Fsp3) is 0.562. The van der Waals surface area contributed by atoms with Crippen molar-refractivity contribution < 1.29 is 4.79 Å². The number of nitrogens with zero attached hydrogens (tertiary/aromatic N) is 1. The number of rotatable bonds is 4. The molecule has 1 aliphatic rings. The maximum absolute atomic E-state index is 12.4. The van der Waals surface area contributed by atoms with Crippen molar-refractivity contribution in [2.45, 2.75) is 37.8 Å². The molecule has 1 saturated heterocycles. The summed E-state index contributed by atoms with van der Waals surface area (Å²) in [5, 5.41) is 3.02. The first-order valence-corrected chi connectivity index (χ1v) is 7.35. The first-order valence-electron chi connectivity index (χ1n) is 7.35. The van der Waals surface area contributed by atoms with E-state index in [1.54, 1.807) is 6.92 Å². The van der Waals surface area contributed by atoms with Crippen molar-refractivity contribution in [3.05, 3.63) is 35.9 Å². The Balaban J connectivity index is 1.94. The average molecular weight is 275 g/mol. The zero-order valence-corrected chi connectivity index (χ0v) is 12.4. The van der Waals surface area contributed by atoms with Gasteiger partial charge in [0, 0.05) is 12.6 Å². The molecule has 110 valence electrons. The van der Waals surface area contributed by atoms with Crippen molar-refractivity contribution in [1.82, 2.24) is 10.2 Å². The summed E-state index contributed by atoms with van der Waals surface area (Å²) in [6.07, 6.45) is 3.63. The lowest BCUT2D eigenvalue weighted by Gasteiger charge is -2.33. The Morgan fingerprint density at radius 3 is 2.75 bits per heavy atom. The van der Waals surface area contributed by atoms with Crippen LogP contribution in [0.4, 0.5) is 0 Å². The molecule has 0 spiro atoms. The zero-order valence-electron chi connectivity index (χ0n) is 12.4. The van der Waals surface area contributed by atoms with Crippen LogP contribution in [-0.4, -0.2) is 37.0 Å². The molecular formula is C16H25N3O. The number of likely N-dealkylation sites (tertiary alicyclic amines) is 1. The van der Waals surface area contributed by atoms with Crippen molar-refractivity contribution in [2.75, 3.05) is 20.1 Å². The molecule has 0 aromatic heterocycles. The number of hydrogen-bond donors (Lipinski definition) is 2. The lowest BCUT2D eigenvalue weighted by atomic mass is 9.92. The fourth-order valence-electron chi connectivity index (χ4n) is 2.71. The summed E-state index contributed by atoms with van der Waals surface area (Å²) in [6.45, 7) is 3.55. The van der Waals surface area contributed by atoms with E-state index in [0.29, 0.717) is 12.6 Å². The van der Waals surface area contributed by atoms with Gasteiger partial charge >= 0.3 is 0 Å². The van der Waals surface area contributed by atoms with Gasteiger partial charge in [-0.15, -0.1) is 0 Å². The standard InChI is InChI=1S/C16H25N3O/c1-16(17,13-8-4-3-5-9-13)15(20)18-12-14-10-6-7-11-19(14)2/h3-5,8-9,14H,6-7,10-12,17H2,1-2H3,(H,18,20). The molecule has 20 heavy (non-hydrogen) atoms. The van der Waals surface area contributed by atoms with Gasteiger partial charge in [-0.1, -0.05) is 36.8 Å². The van der Waals surface area contributed by atoms with Crippen LogP contribution in [0.15, 0.2) is 30.3 Å². The molecule has 1 amide bonds. The number of amides is 1. The molecule has 1 aromatic carbocycles. The summed E-state index contributed by atoms with van der Waals surface area (Å²) in [6, 6.07) is 9.96. The maximum Gasteiger partial charge on any atom is 0.244 e. The van der Waals surface area contributed by atoms with Crippen LogP contribution < -0.4 is 11.1 Å². The highest BCUT2D eigenvalue weighted by Crippen LogP contribution is 2.18. The van der Waals surface area contributed by atoms with Crippen LogP contribution in [0.25, 0.3) is 0 Å². The molecule has 4 nitrogen and oxygen atoms in total. The smallest absolute Gasteiger partial charge is 0.244 e. The third-order valence-corrected chi connectivity index (χ3v) is 4.26. The van der Waals surface area contributed by atoms with Crippen molar-refractivity contribution in [2.24, 2.45) is 5.73 Å². The van der Waals surface area contributed by atoms with Crippen molar-refractivity contribution in [3.8, 4) is 0 Å². The van der Waals surface area contributed by atoms with E-state index in [9.17, 15) is 4.79 Å². The number of hydrogen-bond acceptors (Lipinski definition) is 3. The molecule has 2 atom stereocenters. The van der Waals surface area contributed by atoms with Crippen LogP contribution in [0.5, 0.6) is 0 Å². The highest BCUT2D eigenvalue weighted by Gasteiger charge is 2.31. The Morgan fingerprint density at radius 2 is 2.10 bits per heavy atom. The highest BCUT2D eigenvalue weighted by atomic mass is 16.2. The molecule has 0 aliphatic carbocycles. The van der Waals surface area contributed by atoms with Crippen LogP contribution in [0.3, 0.4) is 0 Å². The van der Waals surface area contributed by atoms with Gasteiger partial charge < -0.3 is 16.0 Å². The largest absolute Gasteiger partial charge is 0.353 e. The van der Waals surface area contributed by atoms with Crippen LogP contribution in [-0.2, 0) is 10.3 Å². The summed E-state index contributed by atoms with van der Waals surface area (Å²) >= 11 is 0. The number of benzene rings is 1. The first kappa shape index (κ1) is 15.0. The van der Waals surface area contributed by atoms with Gasteiger partial charge in [-0.2, -0.15) is 0 Å². The Morgan fingerprint density at radius 1 is 1.40 bits per heavy atom. The Hall–Kier alpha value is -1.39. The lowest BCUT2D eigenvalue weighted by Crippen LogP contribution is -2.52. The van der Waals surface area contributed by atoms with E-state index >= 15 is 0 Å². The molecule has 2 unspecified atom stereocenters. The molecule has 3 N–H and O–H groups in total. The number of piperidine rings is 1. The highest BCUT2D eigenvalue weighted by molar-refractivity contribution is 5.87. The maximum atomic E-state index is 12.4. The van der Waals surface area contributed by atoms with Gasteiger partial charge in [0.15, 0.2) is 0 Å². The van der Waals surface area contributed by atoms with Gasteiger partial charge in [-0.3, -0.25) is 4.79 Å². The van der Waals surface area contributed by atoms with Crippen LogP contribution >= 0.6 is 0 Å². The second kappa shape index (κ2) is 6.37. The summed E-state index contributed by atoms with van der Waals surface area (Å²) in [5.41, 5.74) is 6.07. The number of carbonyl (C=O) groups is 1. The number of nitrogens with two attached hydrogens (primary N) is 1. The number of nitrogens with one attached hydrogen (secondary N) is 1. The van der Waals surface area contributed by atoms with E-state index < -0.39 is 5.54 Å². The summed E-state index contributed by atoms with van der Waals surface area (Å²) in [4.78, 5) is 14.7. The van der Waals surface area contributed by atoms with Crippen molar-refractivity contribution in [3.63, 3.8) is 0 Å². The third-order valence-electron chi connectivity index (χ3n) is 4.26. The van der Waals surface area contributed by atoms with E-state index in [-0.39, 0.29) is 5.91 Å². The summed E-state index contributed by atoms with van der Waals surface area (Å²) < 4.78 is 0. The molecular weight excluding hydrogens is 250 g/mol. The summed E-state index contributed by atoms with van der Waals surface area (Å²) in [5.74, 6) is -0.109. The molecule has 1 fully saturated rings. The van der Waals surface area contributed by atoms with E-state index in [0.717, 1.165) is 18.5 Å². The van der Waals surface area contributed by atoms with Crippen LogP contribution in [0.2, 0.25) is 0 Å². The van der Waals surface area contributed by atoms with Gasteiger partial charge in [-0.05, 0) is 38.9 Å². The zero-order chi connectivity index (χ0) is 14.6. The predicted molar refractivity (Wildman–Crippen MR) is 81.3 cm³/mol. The van der Waals surface area contributed by atoms with Gasteiger partial charge in [-0.25, -0.2) is 0 Å². The average Bonchev–Trinajstić information content (AvgIpc) is 2.47. The second-order valence-corrected chi connectivity index (χ2v) is 5.91. The Bertz CT molecular complexity index is 444. The van der Waals surface area contributed by atoms with E-state index in [1.807, 2.05) is 30.3 Å². The minimum Gasteiger partial charge on any atom is -0.353 e. The quantitative estimate of drug-likeness (QED) is 0.874. The Kier molecular flexibility index (Phi) is 4.78. The minimum atomic E-state index is -0.978. The normalized spacial score (nSPS) is 23.1. The molecule has 1 aliphatic heterocycles. The monoisotopic (exact) mass is 275 g/mol. The van der Waals surface area contributed by atoms with Crippen molar-refractivity contribution >= 4 is 5.91 Å². The first-order chi connectivity index (χ1) is 9.51. The second-order valence-electron chi connectivity index (χ2n) is 5.91. The lowest BCUT2D eigenvalue weighted by molar-refractivity contribution is -0.126. The van der Waals surface area contributed by atoms with Crippen LogP contribution in [0, 0.1) is 0 Å². The van der Waals surface area contributed by atoms with E-state index in [4.69, 9.17) is 5.73 Å². The van der Waals surface area contributed by atoms with E-state index in [1.165, 1.54) is 12.8 Å². The van der Waals surface area contributed by atoms with Gasteiger partial charge in [0.05, 0.1) is 0 Å². The fourth-order valence-corrected chi connectivity index (χ4v) is 2.71. The number of carbonyl (C=O) groups excluding carboxylic acids is 1. The molecule has 2 rings (SSSR count).